The zero-order valence-electron chi connectivity index (χ0n) is 25.0. The maximum atomic E-state index is 13.9. The lowest BCUT2D eigenvalue weighted by atomic mass is 9.90. The maximum absolute atomic E-state index is 13.9. The lowest BCUT2D eigenvalue weighted by Gasteiger charge is -2.39. The van der Waals surface area contributed by atoms with Gasteiger partial charge in [0.05, 0.1) is 31.6 Å². The number of aliphatic carboxylic acids is 1. The van der Waals surface area contributed by atoms with Gasteiger partial charge in [0, 0.05) is 38.9 Å². The number of rotatable bonds is 12. The van der Waals surface area contributed by atoms with Crippen molar-refractivity contribution in [1.82, 2.24) is 25.2 Å². The van der Waals surface area contributed by atoms with E-state index < -0.39 is 12.1 Å². The minimum absolute atomic E-state index is 0. The van der Waals surface area contributed by atoms with Gasteiger partial charge in [-0.1, -0.05) is 51.3 Å². The van der Waals surface area contributed by atoms with Gasteiger partial charge in [-0.05, 0) is 43.7 Å². The number of para-hydroxylation sites is 1. The molecule has 1 aromatic carbocycles. The molecule has 1 amide bonds. The van der Waals surface area contributed by atoms with Crippen molar-refractivity contribution >= 4 is 18.0 Å². The molecule has 3 N–H and O–H groups in total. The summed E-state index contributed by atoms with van der Waals surface area (Å²) in [5, 5.41) is 29.9. The van der Waals surface area contributed by atoms with Crippen molar-refractivity contribution in [2.75, 3.05) is 40.0 Å². The molecule has 3 rings (SSSR count). The minimum Gasteiger partial charge on any atom is -0.478 e. The van der Waals surface area contributed by atoms with E-state index in [1.807, 2.05) is 43.0 Å². The number of carboxylic acids is 1. The van der Waals surface area contributed by atoms with Crippen LogP contribution in [-0.4, -0.2) is 100 Å². The number of carbonyl (C=O) groups excluding carboxylic acids is 3. The van der Waals surface area contributed by atoms with Crippen LogP contribution in [0, 0.1) is 18.8 Å². The summed E-state index contributed by atoms with van der Waals surface area (Å²) in [6.07, 6.45) is 1.40. The predicted molar refractivity (Wildman–Crippen MR) is 160 cm³/mol. The Balaban J connectivity index is 0.00000175. The van der Waals surface area contributed by atoms with Gasteiger partial charge in [-0.2, -0.15) is 9.59 Å². The minimum atomic E-state index is -0.981. The Bertz CT molecular complexity index is 1160. The molecule has 240 valence electrons. The Morgan fingerprint density at radius 3 is 2.40 bits per heavy atom. The summed E-state index contributed by atoms with van der Waals surface area (Å²) in [6.45, 7) is 14.1. The molecule has 1 aliphatic rings. The topological polar surface area (TPSA) is 173 Å². The lowest BCUT2D eigenvalue weighted by Crippen LogP contribution is -2.54. The Hall–Kier alpha value is -3.74. The molecule has 1 fully saturated rings. The van der Waals surface area contributed by atoms with Crippen LogP contribution in [0.25, 0.3) is 5.69 Å². The molecule has 13 nitrogen and oxygen atoms in total. The molecule has 2 aromatic rings. The third-order valence-electron chi connectivity index (χ3n) is 6.46. The molecule has 1 aromatic heterocycles. The van der Waals surface area contributed by atoms with Crippen molar-refractivity contribution in [2.45, 2.75) is 60.3 Å². The van der Waals surface area contributed by atoms with Crippen molar-refractivity contribution in [2.24, 2.45) is 11.8 Å². The van der Waals surface area contributed by atoms with Crippen LogP contribution in [0.5, 0.6) is 0 Å². The Kier molecular flexibility index (Phi) is 19.2. The number of piperidine rings is 1. The molecular formula is C30H47N5O8. The van der Waals surface area contributed by atoms with E-state index in [0.29, 0.717) is 37.7 Å². The fourth-order valence-corrected chi connectivity index (χ4v) is 4.39. The number of amides is 1. The first-order valence-corrected chi connectivity index (χ1v) is 13.6. The summed E-state index contributed by atoms with van der Waals surface area (Å²) in [5.74, 6) is -0.758. The highest BCUT2D eigenvalue weighted by atomic mass is 16.5. The fraction of sp³-hybridized carbons (Fsp3) is 0.567. The van der Waals surface area contributed by atoms with Crippen molar-refractivity contribution < 1.29 is 38.9 Å². The summed E-state index contributed by atoms with van der Waals surface area (Å²) in [5.41, 5.74) is 2.82. The summed E-state index contributed by atoms with van der Waals surface area (Å²) in [4.78, 5) is 41.3. The number of aliphatic hydroxyl groups is 1. The second-order valence-electron chi connectivity index (χ2n) is 10.2. The number of carbonyl (C=O) groups is 2. The number of methoxy groups -OCH3 is 1. The average molecular weight is 606 g/mol. The third kappa shape index (κ3) is 13.0. The van der Waals surface area contributed by atoms with Crippen molar-refractivity contribution in [1.29, 1.82) is 0 Å². The van der Waals surface area contributed by atoms with Gasteiger partial charge in [-0.25, -0.2) is 9.48 Å². The van der Waals surface area contributed by atoms with E-state index in [4.69, 9.17) is 24.2 Å². The van der Waals surface area contributed by atoms with Crippen LogP contribution in [0.15, 0.2) is 36.9 Å². The zero-order chi connectivity index (χ0) is 31.7. The number of aromatic nitrogens is 3. The van der Waals surface area contributed by atoms with Gasteiger partial charge in [-0.15, -0.1) is 5.10 Å². The van der Waals surface area contributed by atoms with E-state index in [1.165, 1.54) is 0 Å². The Morgan fingerprint density at radius 2 is 1.86 bits per heavy atom. The average Bonchev–Trinajstić information content (AvgIpc) is 3.38. The smallest absolute Gasteiger partial charge is 0.373 e. The quantitative estimate of drug-likeness (QED) is 0.240. The van der Waals surface area contributed by atoms with Crippen LogP contribution in [0.1, 0.15) is 56.4 Å². The molecule has 0 spiro atoms. The molecule has 43 heavy (non-hydrogen) atoms. The molecule has 3 atom stereocenters. The number of carboxylic acid groups (broad SMARTS) is 1. The second kappa shape index (κ2) is 21.0. The maximum Gasteiger partial charge on any atom is 0.373 e. The van der Waals surface area contributed by atoms with Crippen molar-refractivity contribution in [3.05, 3.63) is 53.9 Å². The van der Waals surface area contributed by atoms with E-state index in [9.17, 15) is 14.7 Å². The van der Waals surface area contributed by atoms with E-state index in [2.05, 4.69) is 36.1 Å². The molecule has 1 saturated heterocycles. The molecule has 1 unspecified atom stereocenters. The Labute approximate surface area is 253 Å². The van der Waals surface area contributed by atoms with E-state index in [0.717, 1.165) is 30.3 Å². The van der Waals surface area contributed by atoms with Crippen LogP contribution in [0.4, 0.5) is 0 Å². The van der Waals surface area contributed by atoms with Gasteiger partial charge < -0.3 is 29.9 Å². The molecule has 0 bridgehead atoms. The standard InChI is InChI=1S/C25H39N5O4.C3H4O2.CO2.CH4/c1-17(2)15-29(21-12-20(19(4)31)13-26-14-21)25(32)24-23(16-34-11-10-33-5)30(28-27-24)22-9-7-6-8-18(22)3;1-2-3(4)5;2-1-3;/h6-9,17,19-21,26,31H,10-16H2,1-5H3;2H,1H2,(H,4,5);;1H4/t19?,20-,21+;;;/m1.../s1. The first-order chi connectivity index (χ1) is 20.0. The first kappa shape index (κ1) is 39.3. The molecule has 13 heteroatoms. The third-order valence-corrected chi connectivity index (χ3v) is 6.46. The van der Waals surface area contributed by atoms with Gasteiger partial charge >= 0.3 is 12.1 Å². The van der Waals surface area contributed by atoms with Gasteiger partial charge in [0.1, 0.15) is 5.69 Å². The summed E-state index contributed by atoms with van der Waals surface area (Å²) >= 11 is 0. The second-order valence-corrected chi connectivity index (χ2v) is 10.2. The monoisotopic (exact) mass is 605 g/mol. The van der Waals surface area contributed by atoms with Gasteiger partial charge in [0.25, 0.3) is 5.91 Å². The van der Waals surface area contributed by atoms with E-state index in [1.54, 1.807) is 11.8 Å². The van der Waals surface area contributed by atoms with Crippen LogP contribution < -0.4 is 5.32 Å². The van der Waals surface area contributed by atoms with Crippen LogP contribution in [-0.2, 0) is 30.5 Å². The molecule has 0 radical (unpaired) electrons. The molecule has 0 aliphatic carbocycles. The molecule has 1 aliphatic heterocycles. The number of ether oxygens (including phenoxy) is 2. The molecule has 0 saturated carbocycles. The number of nitrogens with zero attached hydrogens (tertiary/aromatic N) is 4. The van der Waals surface area contributed by atoms with Gasteiger partial charge in [-0.3, -0.25) is 4.79 Å². The highest BCUT2D eigenvalue weighted by Crippen LogP contribution is 2.24. The normalized spacial score (nSPS) is 16.3. The van der Waals surface area contributed by atoms with E-state index in [-0.39, 0.29) is 44.0 Å². The highest BCUT2D eigenvalue weighted by molar-refractivity contribution is 5.93. The number of hydrogen-bond donors (Lipinski definition) is 3. The summed E-state index contributed by atoms with van der Waals surface area (Å²) in [6, 6.07) is 7.84. The predicted octanol–water partition coefficient (Wildman–Crippen LogP) is 2.51. The van der Waals surface area contributed by atoms with Crippen molar-refractivity contribution in [3.8, 4) is 5.69 Å². The number of aryl methyl sites for hydroxylation is 1. The Morgan fingerprint density at radius 1 is 1.23 bits per heavy atom. The highest BCUT2D eigenvalue weighted by Gasteiger charge is 2.34. The SMILES string of the molecule is C.C=CC(=O)O.COCCOCc1c(C(=O)N(CC(C)C)[C@@H]2CNC[C@H](C(C)O)C2)nnn1-c1ccccc1C.O=C=O. The van der Waals surface area contributed by atoms with Crippen LogP contribution >= 0.6 is 0 Å². The zero-order valence-corrected chi connectivity index (χ0v) is 25.0. The van der Waals surface area contributed by atoms with Crippen LogP contribution in [0.3, 0.4) is 0 Å². The molecular weight excluding hydrogens is 558 g/mol. The lowest BCUT2D eigenvalue weighted by molar-refractivity contribution is -0.191. The number of aliphatic hydroxyl groups excluding tert-OH is 1. The largest absolute Gasteiger partial charge is 0.478 e. The van der Waals surface area contributed by atoms with E-state index >= 15 is 0 Å². The number of hydrogen-bond acceptors (Lipinski definition) is 10. The first-order valence-electron chi connectivity index (χ1n) is 13.6. The summed E-state index contributed by atoms with van der Waals surface area (Å²) < 4.78 is 12.6. The fourth-order valence-electron chi connectivity index (χ4n) is 4.39. The number of benzene rings is 1. The van der Waals surface area contributed by atoms with Gasteiger partial charge in [0.2, 0.25) is 0 Å². The van der Waals surface area contributed by atoms with Gasteiger partial charge in [0.15, 0.2) is 5.69 Å². The van der Waals surface area contributed by atoms with Crippen LogP contribution in [0.2, 0.25) is 0 Å². The molecule has 2 heterocycles. The van der Waals surface area contributed by atoms with Crippen molar-refractivity contribution in [3.63, 3.8) is 0 Å². The number of nitrogens with one attached hydrogen (secondary N) is 1. The summed E-state index contributed by atoms with van der Waals surface area (Å²) in [7, 11) is 1.62.